The monoisotopic (exact) mass is 519 g/mol. The lowest BCUT2D eigenvalue weighted by atomic mass is 9.97. The van der Waals surface area contributed by atoms with Gasteiger partial charge >= 0.3 is 12.3 Å². The standard InChI is InChI=1S/C26H26F3N3O5.H2/c1-16-4-6-20(18(13-16)3-2-10-32-11-8-17(9-12-32)25(34)35)31-24(33)23-15-30-21-14-19(37-26(27,28)29)5-7-22(21)36-23;/h4-7,13-14,17,23,30H,8-12,15H2,1H3,(H,31,33)(H,34,35);1H. The van der Waals surface area contributed by atoms with E-state index in [1.165, 1.54) is 6.07 Å². The summed E-state index contributed by atoms with van der Waals surface area (Å²) in [5.41, 5.74) is 2.40. The van der Waals surface area contributed by atoms with Crippen LogP contribution in [0, 0.1) is 24.7 Å². The Labute approximate surface area is 213 Å². The van der Waals surface area contributed by atoms with Gasteiger partial charge in [-0.2, -0.15) is 0 Å². The number of fused-ring (bicyclic) bond motifs is 1. The summed E-state index contributed by atoms with van der Waals surface area (Å²) in [6.07, 6.45) is -4.53. The van der Waals surface area contributed by atoms with E-state index in [2.05, 4.69) is 32.1 Å². The Bertz CT molecular complexity index is 1240. The summed E-state index contributed by atoms with van der Waals surface area (Å²) in [5.74, 6) is 4.56. The third-order valence-corrected chi connectivity index (χ3v) is 6.12. The van der Waals surface area contributed by atoms with Crippen molar-refractivity contribution in [3.63, 3.8) is 0 Å². The number of benzene rings is 2. The minimum atomic E-state index is -4.81. The molecule has 0 radical (unpaired) electrons. The minimum Gasteiger partial charge on any atom is -0.481 e. The molecule has 1 atom stereocenters. The van der Waals surface area contributed by atoms with Crippen LogP contribution in [-0.4, -0.2) is 60.5 Å². The number of amides is 1. The summed E-state index contributed by atoms with van der Waals surface area (Å²) < 4.78 is 47.0. The molecule has 198 valence electrons. The van der Waals surface area contributed by atoms with Gasteiger partial charge < -0.3 is 25.2 Å². The first-order valence-corrected chi connectivity index (χ1v) is 11.7. The maximum atomic E-state index is 12.9. The topological polar surface area (TPSA) is 100 Å². The third-order valence-electron chi connectivity index (χ3n) is 6.12. The van der Waals surface area contributed by atoms with Crippen LogP contribution in [0.4, 0.5) is 24.5 Å². The highest BCUT2D eigenvalue weighted by Crippen LogP contribution is 2.35. The number of hydrogen-bond donors (Lipinski definition) is 3. The van der Waals surface area contributed by atoms with Crippen LogP contribution in [0.5, 0.6) is 11.5 Å². The number of likely N-dealkylation sites (tertiary alicyclic amines) is 1. The molecule has 2 aromatic rings. The number of carboxylic acid groups (broad SMARTS) is 1. The van der Waals surface area contributed by atoms with Gasteiger partial charge in [-0.05, 0) is 62.7 Å². The lowest BCUT2D eigenvalue weighted by molar-refractivity contribution is -0.274. The number of carbonyl (C=O) groups excluding carboxylic acids is 1. The van der Waals surface area contributed by atoms with E-state index in [9.17, 15) is 22.8 Å². The number of rotatable bonds is 5. The molecule has 2 aliphatic rings. The first-order chi connectivity index (χ1) is 17.6. The van der Waals surface area contributed by atoms with Crippen LogP contribution >= 0.6 is 0 Å². The van der Waals surface area contributed by atoms with Crippen molar-refractivity contribution in [2.45, 2.75) is 32.2 Å². The number of nitrogens with zero attached hydrogens (tertiary/aromatic N) is 1. The summed E-state index contributed by atoms with van der Waals surface area (Å²) in [6.45, 7) is 3.78. The molecule has 8 nitrogen and oxygen atoms in total. The molecule has 2 heterocycles. The molecule has 0 saturated carbocycles. The fourth-order valence-corrected chi connectivity index (χ4v) is 4.16. The average Bonchev–Trinajstić information content (AvgIpc) is 2.84. The Kier molecular flexibility index (Phi) is 7.78. The number of anilines is 2. The van der Waals surface area contributed by atoms with Crippen molar-refractivity contribution < 1.29 is 38.8 Å². The van der Waals surface area contributed by atoms with Crippen LogP contribution in [0.2, 0.25) is 0 Å². The SMILES string of the molecule is Cc1ccc(NC(=O)C2CNc3cc(OC(F)(F)F)ccc3O2)c(C#CCN2CCC(C(=O)O)CC2)c1.[HH]. The van der Waals surface area contributed by atoms with Gasteiger partial charge in [-0.15, -0.1) is 13.2 Å². The van der Waals surface area contributed by atoms with Crippen LogP contribution in [0.15, 0.2) is 36.4 Å². The van der Waals surface area contributed by atoms with Crippen LogP contribution in [0.1, 0.15) is 25.4 Å². The molecule has 1 unspecified atom stereocenters. The maximum Gasteiger partial charge on any atom is 0.573 e. The fourth-order valence-electron chi connectivity index (χ4n) is 4.16. The van der Waals surface area contributed by atoms with Crippen molar-refractivity contribution in [1.82, 2.24) is 4.90 Å². The number of carbonyl (C=O) groups is 2. The second kappa shape index (κ2) is 11.0. The zero-order valence-corrected chi connectivity index (χ0v) is 20.0. The van der Waals surface area contributed by atoms with Crippen molar-refractivity contribution >= 4 is 23.3 Å². The lowest BCUT2D eigenvalue weighted by Crippen LogP contribution is -2.41. The number of nitrogens with one attached hydrogen (secondary N) is 2. The summed E-state index contributed by atoms with van der Waals surface area (Å²) in [5, 5.41) is 14.9. The minimum absolute atomic E-state index is 0. The molecule has 0 bridgehead atoms. The molecule has 11 heteroatoms. The molecule has 2 aromatic carbocycles. The Balaban J connectivity index is 0.00000400. The molecule has 1 fully saturated rings. The molecule has 2 aliphatic heterocycles. The number of ether oxygens (including phenoxy) is 2. The van der Waals surface area contributed by atoms with Crippen LogP contribution in [-0.2, 0) is 9.59 Å². The van der Waals surface area contributed by atoms with Gasteiger partial charge in [0.15, 0.2) is 6.10 Å². The first-order valence-electron chi connectivity index (χ1n) is 11.7. The van der Waals surface area contributed by atoms with E-state index in [1.807, 2.05) is 19.1 Å². The Morgan fingerprint density at radius 3 is 2.70 bits per heavy atom. The summed E-state index contributed by atoms with van der Waals surface area (Å²) >= 11 is 0. The van der Waals surface area contributed by atoms with E-state index in [-0.39, 0.29) is 25.4 Å². The summed E-state index contributed by atoms with van der Waals surface area (Å²) in [7, 11) is 0. The molecule has 1 amide bonds. The smallest absolute Gasteiger partial charge is 0.481 e. The zero-order chi connectivity index (χ0) is 26.6. The van der Waals surface area contributed by atoms with Gasteiger partial charge in [-0.25, -0.2) is 0 Å². The second-order valence-corrected chi connectivity index (χ2v) is 8.92. The molecule has 0 aliphatic carbocycles. The number of halogens is 3. The van der Waals surface area contributed by atoms with E-state index >= 15 is 0 Å². The summed E-state index contributed by atoms with van der Waals surface area (Å²) in [4.78, 5) is 26.1. The predicted molar refractivity (Wildman–Crippen MR) is 132 cm³/mol. The van der Waals surface area contributed by atoms with Crippen molar-refractivity contribution in [2.24, 2.45) is 5.92 Å². The van der Waals surface area contributed by atoms with Gasteiger partial charge in [0.1, 0.15) is 11.5 Å². The summed E-state index contributed by atoms with van der Waals surface area (Å²) in [6, 6.07) is 9.04. The molecule has 4 rings (SSSR count). The molecule has 0 aromatic heterocycles. The molecular formula is C26H28F3N3O5. The Hall–Kier alpha value is -3.91. The van der Waals surface area contributed by atoms with Crippen molar-refractivity contribution in [1.29, 1.82) is 0 Å². The number of alkyl halides is 3. The Morgan fingerprint density at radius 2 is 2.00 bits per heavy atom. The maximum absolute atomic E-state index is 12.9. The van der Waals surface area contributed by atoms with Gasteiger partial charge in [-0.3, -0.25) is 14.5 Å². The number of carboxylic acids is 1. The highest BCUT2D eigenvalue weighted by atomic mass is 19.4. The van der Waals surface area contributed by atoms with E-state index in [1.54, 1.807) is 6.07 Å². The van der Waals surface area contributed by atoms with E-state index in [0.29, 0.717) is 49.4 Å². The molecule has 1 saturated heterocycles. The van der Waals surface area contributed by atoms with Gasteiger partial charge in [0, 0.05) is 13.1 Å². The number of piperidine rings is 1. The molecule has 37 heavy (non-hydrogen) atoms. The van der Waals surface area contributed by atoms with Crippen LogP contribution in [0.3, 0.4) is 0 Å². The van der Waals surface area contributed by atoms with Crippen LogP contribution in [0.25, 0.3) is 0 Å². The number of aryl methyl sites for hydroxylation is 1. The quantitative estimate of drug-likeness (QED) is 0.512. The van der Waals surface area contributed by atoms with E-state index in [0.717, 1.165) is 17.7 Å². The fraction of sp³-hybridized carbons (Fsp3) is 0.385. The predicted octanol–water partition coefficient (Wildman–Crippen LogP) is 4.10. The second-order valence-electron chi connectivity index (χ2n) is 8.92. The highest BCUT2D eigenvalue weighted by molar-refractivity contribution is 5.96. The van der Waals surface area contributed by atoms with Crippen molar-refractivity contribution in [2.75, 3.05) is 36.8 Å². The van der Waals surface area contributed by atoms with Crippen molar-refractivity contribution in [3.05, 3.63) is 47.5 Å². The zero-order valence-electron chi connectivity index (χ0n) is 20.0. The molecular weight excluding hydrogens is 491 g/mol. The number of aliphatic carboxylic acids is 1. The normalized spacial score (nSPS) is 17.9. The Morgan fingerprint density at radius 1 is 1.24 bits per heavy atom. The van der Waals surface area contributed by atoms with E-state index in [4.69, 9.17) is 9.84 Å². The number of hydrogen-bond acceptors (Lipinski definition) is 6. The largest absolute Gasteiger partial charge is 0.573 e. The lowest BCUT2D eigenvalue weighted by Gasteiger charge is -2.28. The first kappa shape index (κ1) is 26.2. The van der Waals surface area contributed by atoms with Gasteiger partial charge in [0.05, 0.1) is 30.4 Å². The van der Waals surface area contributed by atoms with Crippen molar-refractivity contribution in [3.8, 4) is 23.3 Å². The molecule has 3 N–H and O–H groups in total. The average molecular weight is 520 g/mol. The van der Waals surface area contributed by atoms with E-state index < -0.39 is 24.3 Å². The van der Waals surface area contributed by atoms with Gasteiger partial charge in [0.2, 0.25) is 0 Å². The van der Waals surface area contributed by atoms with Gasteiger partial charge in [-0.1, -0.05) is 17.9 Å². The van der Waals surface area contributed by atoms with Crippen LogP contribution < -0.4 is 20.1 Å². The molecule has 0 spiro atoms. The van der Waals surface area contributed by atoms with Gasteiger partial charge in [0.25, 0.3) is 5.91 Å². The third kappa shape index (κ3) is 7.07. The highest BCUT2D eigenvalue weighted by Gasteiger charge is 2.32.